The van der Waals surface area contributed by atoms with Crippen molar-refractivity contribution in [2.24, 2.45) is 0 Å². The van der Waals surface area contributed by atoms with E-state index in [2.05, 4.69) is 6.92 Å². The summed E-state index contributed by atoms with van der Waals surface area (Å²) >= 11 is 0. The molecule has 3 rings (SSSR count). The molecule has 0 radical (unpaired) electrons. The van der Waals surface area contributed by atoms with E-state index in [1.165, 1.54) is 37.3 Å². The molecule has 0 unspecified atom stereocenters. The van der Waals surface area contributed by atoms with Gasteiger partial charge in [0, 0.05) is 0 Å². The molecule has 0 aliphatic carbocycles. The minimum absolute atomic E-state index is 0.00130. The first-order chi connectivity index (χ1) is 13.0. The number of hydrogen-bond donors (Lipinski definition) is 0. The summed E-state index contributed by atoms with van der Waals surface area (Å²) in [6, 6.07) is 11.2. The lowest BCUT2D eigenvalue weighted by Gasteiger charge is -2.09. The molecule has 0 nitrogen and oxygen atoms in total. The maximum absolute atomic E-state index is 14.3. The van der Waals surface area contributed by atoms with Crippen molar-refractivity contribution in [2.75, 3.05) is 0 Å². The van der Waals surface area contributed by atoms with Gasteiger partial charge in [0.05, 0.1) is 5.39 Å². The molecule has 0 atom stereocenters. The third-order valence-electron chi connectivity index (χ3n) is 4.88. The van der Waals surface area contributed by atoms with Gasteiger partial charge in [-0.15, -0.1) is 0 Å². The van der Waals surface area contributed by atoms with Gasteiger partial charge in [-0.25, -0.2) is 17.6 Å². The third-order valence-corrected chi connectivity index (χ3v) is 4.88. The lowest BCUT2D eigenvalue weighted by Crippen LogP contribution is -1.95. The highest BCUT2D eigenvalue weighted by Crippen LogP contribution is 2.31. The van der Waals surface area contributed by atoms with Crippen LogP contribution in [0.4, 0.5) is 17.6 Å². The fourth-order valence-corrected chi connectivity index (χ4v) is 3.35. The van der Waals surface area contributed by atoms with Crippen LogP contribution in [0.1, 0.15) is 44.6 Å². The van der Waals surface area contributed by atoms with Crippen LogP contribution in [0.5, 0.6) is 0 Å². The van der Waals surface area contributed by atoms with Crippen molar-refractivity contribution in [3.8, 4) is 11.1 Å². The van der Waals surface area contributed by atoms with Gasteiger partial charge < -0.3 is 0 Å². The summed E-state index contributed by atoms with van der Waals surface area (Å²) in [6.07, 6.45) is 7.06. The molecule has 0 N–H and O–H groups in total. The fourth-order valence-electron chi connectivity index (χ4n) is 3.35. The molecule has 3 aromatic carbocycles. The number of rotatable bonds is 7. The zero-order chi connectivity index (χ0) is 19.4. The smallest absolute Gasteiger partial charge is 0.195 e. The Bertz CT molecular complexity index is 930. The standard InChI is InChI=1S/C23H22F4/c1-2-3-4-5-6-7-15-8-10-16(11-9-15)17-12-18-14-20(25)22(26)23(27)21(18)19(24)13-17/h8-14H,2-7H2,1H3. The topological polar surface area (TPSA) is 0 Å². The van der Waals surface area contributed by atoms with Crippen LogP contribution in [0, 0.1) is 23.3 Å². The fraction of sp³-hybridized carbons (Fsp3) is 0.304. The van der Waals surface area contributed by atoms with Crippen molar-refractivity contribution in [3.63, 3.8) is 0 Å². The molecule has 4 heteroatoms. The Hall–Kier alpha value is -2.36. The molecule has 0 fully saturated rings. The number of hydrogen-bond acceptors (Lipinski definition) is 0. The molecular formula is C23H22F4. The molecule has 0 amide bonds. The number of benzene rings is 3. The minimum Gasteiger partial charge on any atom is -0.206 e. The molecule has 0 heterocycles. The third kappa shape index (κ3) is 4.32. The van der Waals surface area contributed by atoms with Crippen LogP contribution >= 0.6 is 0 Å². The summed E-state index contributed by atoms with van der Waals surface area (Å²) in [6.45, 7) is 2.19. The molecule has 0 aliphatic rings. The van der Waals surface area contributed by atoms with Crippen LogP contribution in [-0.4, -0.2) is 0 Å². The molecular weight excluding hydrogens is 352 g/mol. The molecule has 27 heavy (non-hydrogen) atoms. The molecule has 0 spiro atoms. The summed E-state index contributed by atoms with van der Waals surface area (Å²) in [5.41, 5.74) is 2.45. The Kier molecular flexibility index (Phi) is 6.15. The normalized spacial score (nSPS) is 11.3. The highest BCUT2D eigenvalue weighted by molar-refractivity contribution is 5.88. The molecule has 142 valence electrons. The van der Waals surface area contributed by atoms with Crippen molar-refractivity contribution < 1.29 is 17.6 Å². The number of fused-ring (bicyclic) bond motifs is 1. The van der Waals surface area contributed by atoms with Crippen LogP contribution in [0.25, 0.3) is 21.9 Å². The van der Waals surface area contributed by atoms with Crippen LogP contribution < -0.4 is 0 Å². The van der Waals surface area contributed by atoms with E-state index < -0.39 is 28.7 Å². The Balaban J connectivity index is 1.82. The van der Waals surface area contributed by atoms with E-state index in [0.29, 0.717) is 5.56 Å². The van der Waals surface area contributed by atoms with Crippen molar-refractivity contribution in [1.82, 2.24) is 0 Å². The molecule has 0 aliphatic heterocycles. The van der Waals surface area contributed by atoms with Gasteiger partial charge >= 0.3 is 0 Å². The monoisotopic (exact) mass is 374 g/mol. The zero-order valence-corrected chi connectivity index (χ0v) is 15.3. The lowest BCUT2D eigenvalue weighted by atomic mass is 9.98. The van der Waals surface area contributed by atoms with Gasteiger partial charge in [-0.1, -0.05) is 56.9 Å². The number of unbranched alkanes of at least 4 members (excludes halogenated alkanes) is 4. The average molecular weight is 374 g/mol. The predicted octanol–water partition coefficient (Wildman–Crippen LogP) is 7.58. The van der Waals surface area contributed by atoms with Gasteiger partial charge in [-0.3, -0.25) is 0 Å². The highest BCUT2D eigenvalue weighted by atomic mass is 19.2. The van der Waals surface area contributed by atoms with E-state index in [-0.39, 0.29) is 5.39 Å². The van der Waals surface area contributed by atoms with E-state index in [9.17, 15) is 17.6 Å². The van der Waals surface area contributed by atoms with Gasteiger partial charge in [0.2, 0.25) is 0 Å². The minimum atomic E-state index is -1.66. The maximum atomic E-state index is 14.3. The van der Waals surface area contributed by atoms with Crippen molar-refractivity contribution in [2.45, 2.75) is 45.4 Å². The van der Waals surface area contributed by atoms with E-state index >= 15 is 0 Å². The molecule has 0 saturated heterocycles. The second-order valence-corrected chi connectivity index (χ2v) is 6.90. The first-order valence-corrected chi connectivity index (χ1v) is 9.37. The highest BCUT2D eigenvalue weighted by Gasteiger charge is 2.17. The second kappa shape index (κ2) is 8.55. The maximum Gasteiger partial charge on any atom is 0.195 e. The van der Waals surface area contributed by atoms with Gasteiger partial charge in [0.1, 0.15) is 5.82 Å². The van der Waals surface area contributed by atoms with Crippen molar-refractivity contribution in [1.29, 1.82) is 0 Å². The lowest BCUT2D eigenvalue weighted by molar-refractivity contribution is 0.451. The van der Waals surface area contributed by atoms with E-state index in [4.69, 9.17) is 0 Å². The molecule has 0 saturated carbocycles. The first-order valence-electron chi connectivity index (χ1n) is 9.37. The Morgan fingerprint density at radius 1 is 0.667 bits per heavy atom. The van der Waals surface area contributed by atoms with Gasteiger partial charge in [0.25, 0.3) is 0 Å². The second-order valence-electron chi connectivity index (χ2n) is 6.90. The van der Waals surface area contributed by atoms with Crippen molar-refractivity contribution in [3.05, 3.63) is 71.3 Å². The van der Waals surface area contributed by atoms with Crippen LogP contribution in [0.15, 0.2) is 42.5 Å². The Morgan fingerprint density at radius 2 is 1.37 bits per heavy atom. The van der Waals surface area contributed by atoms with E-state index in [0.717, 1.165) is 30.5 Å². The van der Waals surface area contributed by atoms with E-state index in [1.54, 1.807) is 0 Å². The summed E-state index contributed by atoms with van der Waals surface area (Å²) < 4.78 is 55.0. The van der Waals surface area contributed by atoms with Gasteiger partial charge in [-0.2, -0.15) is 0 Å². The van der Waals surface area contributed by atoms with Crippen LogP contribution in [0.3, 0.4) is 0 Å². The summed E-state index contributed by atoms with van der Waals surface area (Å²) in [7, 11) is 0. The number of halogens is 4. The quantitative estimate of drug-likeness (QED) is 0.227. The zero-order valence-electron chi connectivity index (χ0n) is 15.3. The molecule has 0 bridgehead atoms. The van der Waals surface area contributed by atoms with Crippen LogP contribution in [0.2, 0.25) is 0 Å². The first kappa shape index (κ1) is 19.4. The summed E-state index contributed by atoms with van der Waals surface area (Å²) in [4.78, 5) is 0. The Morgan fingerprint density at radius 3 is 2.07 bits per heavy atom. The molecule has 3 aromatic rings. The Labute approximate surface area is 156 Å². The van der Waals surface area contributed by atoms with Gasteiger partial charge in [-0.05, 0) is 53.1 Å². The molecule has 0 aromatic heterocycles. The van der Waals surface area contributed by atoms with E-state index in [1.807, 2.05) is 24.3 Å². The SMILES string of the molecule is CCCCCCCc1ccc(-c2cc(F)c3c(F)c(F)c(F)cc3c2)cc1. The summed E-state index contributed by atoms with van der Waals surface area (Å²) in [5.74, 6) is -5.38. The largest absolute Gasteiger partial charge is 0.206 e. The summed E-state index contributed by atoms with van der Waals surface area (Å²) in [5, 5.41) is -0.525. The van der Waals surface area contributed by atoms with Crippen molar-refractivity contribution >= 4 is 10.8 Å². The predicted molar refractivity (Wildman–Crippen MR) is 102 cm³/mol. The number of aryl methyl sites for hydroxylation is 1. The van der Waals surface area contributed by atoms with Gasteiger partial charge in [0.15, 0.2) is 17.5 Å². The van der Waals surface area contributed by atoms with Crippen LogP contribution in [-0.2, 0) is 6.42 Å². The average Bonchev–Trinajstić information content (AvgIpc) is 2.66.